The minimum atomic E-state index is 0.695. The molecule has 0 saturated carbocycles. The molecule has 0 aliphatic carbocycles. The number of aromatic nitrogens is 3. The van der Waals surface area contributed by atoms with E-state index in [1.54, 1.807) is 0 Å². The highest BCUT2D eigenvalue weighted by atomic mass is 35.5. The summed E-state index contributed by atoms with van der Waals surface area (Å²) in [5, 5.41) is 9.16. The third-order valence-electron chi connectivity index (χ3n) is 3.76. The SMILES string of the molecule is CN1CCC(Cc2nnc3cccc(Cl)n23)CC1. The van der Waals surface area contributed by atoms with Gasteiger partial charge in [-0.3, -0.25) is 4.40 Å². The van der Waals surface area contributed by atoms with E-state index in [1.807, 2.05) is 22.6 Å². The van der Waals surface area contributed by atoms with Crippen molar-refractivity contribution in [2.24, 2.45) is 5.92 Å². The Morgan fingerprint density at radius 2 is 2.06 bits per heavy atom. The smallest absolute Gasteiger partial charge is 0.161 e. The molecule has 2 aromatic rings. The normalized spacial score (nSPS) is 18.6. The van der Waals surface area contributed by atoms with Crippen LogP contribution in [0, 0.1) is 5.92 Å². The number of halogens is 1. The van der Waals surface area contributed by atoms with Crippen molar-refractivity contribution in [2.45, 2.75) is 19.3 Å². The highest BCUT2D eigenvalue weighted by Gasteiger charge is 2.19. The van der Waals surface area contributed by atoms with E-state index >= 15 is 0 Å². The number of hydrogen-bond acceptors (Lipinski definition) is 3. The summed E-state index contributed by atoms with van der Waals surface area (Å²) < 4.78 is 1.96. The van der Waals surface area contributed by atoms with Gasteiger partial charge in [-0.05, 0) is 51.0 Å². The van der Waals surface area contributed by atoms with Crippen LogP contribution in [0.15, 0.2) is 18.2 Å². The van der Waals surface area contributed by atoms with E-state index in [2.05, 4.69) is 22.1 Å². The van der Waals surface area contributed by atoms with Gasteiger partial charge < -0.3 is 4.90 Å². The molecule has 0 aromatic carbocycles. The van der Waals surface area contributed by atoms with Crippen LogP contribution in [0.3, 0.4) is 0 Å². The summed E-state index contributed by atoms with van der Waals surface area (Å²) >= 11 is 6.22. The van der Waals surface area contributed by atoms with E-state index in [0.717, 1.165) is 17.9 Å². The first-order valence-electron chi connectivity index (χ1n) is 6.41. The quantitative estimate of drug-likeness (QED) is 0.781. The van der Waals surface area contributed by atoms with Gasteiger partial charge in [-0.15, -0.1) is 10.2 Å². The second kappa shape index (κ2) is 4.86. The molecule has 0 radical (unpaired) electrons. The summed E-state index contributed by atoms with van der Waals surface area (Å²) in [5.41, 5.74) is 0.838. The number of piperidine rings is 1. The van der Waals surface area contributed by atoms with Crippen LogP contribution >= 0.6 is 11.6 Å². The monoisotopic (exact) mass is 264 g/mol. The number of rotatable bonds is 2. The van der Waals surface area contributed by atoms with Gasteiger partial charge in [0, 0.05) is 6.42 Å². The maximum atomic E-state index is 6.22. The summed E-state index contributed by atoms with van der Waals surface area (Å²) in [4.78, 5) is 2.38. The minimum absolute atomic E-state index is 0.695. The fourth-order valence-electron chi connectivity index (χ4n) is 2.62. The van der Waals surface area contributed by atoms with Crippen LogP contribution in [0.25, 0.3) is 5.65 Å². The van der Waals surface area contributed by atoms with Crippen LogP contribution in [-0.2, 0) is 6.42 Å². The summed E-state index contributed by atoms with van der Waals surface area (Å²) in [6, 6.07) is 5.73. The number of fused-ring (bicyclic) bond motifs is 1. The largest absolute Gasteiger partial charge is 0.306 e. The molecule has 1 aliphatic heterocycles. The van der Waals surface area contributed by atoms with Gasteiger partial charge in [0.1, 0.15) is 11.0 Å². The predicted molar refractivity (Wildman–Crippen MR) is 71.9 cm³/mol. The van der Waals surface area contributed by atoms with Crippen LogP contribution < -0.4 is 0 Å². The van der Waals surface area contributed by atoms with E-state index in [4.69, 9.17) is 11.6 Å². The third kappa shape index (κ3) is 2.22. The van der Waals surface area contributed by atoms with Gasteiger partial charge in [-0.1, -0.05) is 17.7 Å². The zero-order valence-electron chi connectivity index (χ0n) is 10.5. The Labute approximate surface area is 112 Å². The molecule has 5 heteroatoms. The Balaban J connectivity index is 1.82. The molecular formula is C13H17ClN4. The van der Waals surface area contributed by atoms with Gasteiger partial charge in [-0.25, -0.2) is 0 Å². The number of likely N-dealkylation sites (tertiary alicyclic amines) is 1. The first-order chi connectivity index (χ1) is 8.74. The summed E-state index contributed by atoms with van der Waals surface area (Å²) in [7, 11) is 2.18. The maximum Gasteiger partial charge on any atom is 0.161 e. The Hall–Kier alpha value is -1.13. The number of nitrogens with zero attached hydrogens (tertiary/aromatic N) is 4. The predicted octanol–water partition coefficient (Wildman–Crippen LogP) is 2.27. The lowest BCUT2D eigenvalue weighted by Gasteiger charge is -2.28. The second-order valence-electron chi connectivity index (χ2n) is 5.11. The lowest BCUT2D eigenvalue weighted by atomic mass is 9.93. The average Bonchev–Trinajstić information content (AvgIpc) is 2.77. The topological polar surface area (TPSA) is 33.4 Å². The Bertz CT molecular complexity index is 543. The maximum absolute atomic E-state index is 6.22. The first kappa shape index (κ1) is 11.9. The highest BCUT2D eigenvalue weighted by Crippen LogP contribution is 2.22. The van der Waals surface area contributed by atoms with Gasteiger partial charge in [0.2, 0.25) is 0 Å². The third-order valence-corrected chi connectivity index (χ3v) is 4.05. The number of pyridine rings is 1. The van der Waals surface area contributed by atoms with Crippen LogP contribution in [0.1, 0.15) is 18.7 Å². The molecule has 0 bridgehead atoms. The van der Waals surface area contributed by atoms with Crippen molar-refractivity contribution < 1.29 is 0 Å². The van der Waals surface area contributed by atoms with Crippen molar-refractivity contribution >= 4 is 17.2 Å². The van der Waals surface area contributed by atoms with Crippen molar-refractivity contribution in [3.8, 4) is 0 Å². The number of hydrogen-bond donors (Lipinski definition) is 0. The van der Waals surface area contributed by atoms with E-state index in [1.165, 1.54) is 25.9 Å². The van der Waals surface area contributed by atoms with Crippen LogP contribution in [0.5, 0.6) is 0 Å². The van der Waals surface area contributed by atoms with E-state index in [-0.39, 0.29) is 0 Å². The van der Waals surface area contributed by atoms with Crippen molar-refractivity contribution in [2.75, 3.05) is 20.1 Å². The molecule has 0 amide bonds. The van der Waals surface area contributed by atoms with Gasteiger partial charge in [0.05, 0.1) is 0 Å². The molecule has 1 aliphatic rings. The minimum Gasteiger partial charge on any atom is -0.306 e. The van der Waals surface area contributed by atoms with Gasteiger partial charge in [0.15, 0.2) is 5.65 Å². The fraction of sp³-hybridized carbons (Fsp3) is 0.538. The van der Waals surface area contributed by atoms with Crippen LogP contribution in [0.2, 0.25) is 5.15 Å². The summed E-state index contributed by atoms with van der Waals surface area (Å²) in [6.07, 6.45) is 3.43. The zero-order valence-corrected chi connectivity index (χ0v) is 11.3. The average molecular weight is 265 g/mol. The molecule has 96 valence electrons. The lowest BCUT2D eigenvalue weighted by Crippen LogP contribution is -2.31. The van der Waals surface area contributed by atoms with Crippen molar-refractivity contribution in [3.05, 3.63) is 29.2 Å². The Morgan fingerprint density at radius 3 is 2.83 bits per heavy atom. The molecule has 0 N–H and O–H groups in total. The molecule has 18 heavy (non-hydrogen) atoms. The molecule has 1 fully saturated rings. The zero-order chi connectivity index (χ0) is 12.5. The van der Waals surface area contributed by atoms with E-state index < -0.39 is 0 Å². The van der Waals surface area contributed by atoms with E-state index in [9.17, 15) is 0 Å². The summed E-state index contributed by atoms with van der Waals surface area (Å²) in [6.45, 7) is 2.35. The summed E-state index contributed by atoms with van der Waals surface area (Å²) in [5.74, 6) is 1.69. The lowest BCUT2D eigenvalue weighted by molar-refractivity contribution is 0.217. The van der Waals surface area contributed by atoms with Gasteiger partial charge in [-0.2, -0.15) is 0 Å². The van der Waals surface area contributed by atoms with E-state index in [0.29, 0.717) is 11.1 Å². The van der Waals surface area contributed by atoms with Gasteiger partial charge >= 0.3 is 0 Å². The van der Waals surface area contributed by atoms with Gasteiger partial charge in [0.25, 0.3) is 0 Å². The molecule has 3 rings (SSSR count). The molecule has 0 unspecified atom stereocenters. The molecule has 0 spiro atoms. The van der Waals surface area contributed by atoms with Crippen LogP contribution in [0.4, 0.5) is 0 Å². The molecule has 2 aromatic heterocycles. The molecular weight excluding hydrogens is 248 g/mol. The van der Waals surface area contributed by atoms with Crippen molar-refractivity contribution in [1.29, 1.82) is 0 Å². The molecule has 4 nitrogen and oxygen atoms in total. The highest BCUT2D eigenvalue weighted by molar-refractivity contribution is 6.29. The first-order valence-corrected chi connectivity index (χ1v) is 6.79. The Kier molecular flexibility index (Phi) is 3.22. The fourth-order valence-corrected chi connectivity index (χ4v) is 2.87. The standard InChI is InChI=1S/C13H17ClN4/c1-17-7-5-10(6-8-17)9-13-16-15-12-4-2-3-11(14)18(12)13/h2-4,10H,5-9H2,1H3. The Morgan fingerprint density at radius 1 is 1.28 bits per heavy atom. The molecule has 1 saturated heterocycles. The van der Waals surface area contributed by atoms with Crippen LogP contribution in [-0.4, -0.2) is 39.6 Å². The van der Waals surface area contributed by atoms with Crippen molar-refractivity contribution in [1.82, 2.24) is 19.5 Å². The second-order valence-corrected chi connectivity index (χ2v) is 5.50. The van der Waals surface area contributed by atoms with Crippen molar-refractivity contribution in [3.63, 3.8) is 0 Å². The molecule has 3 heterocycles. The molecule has 0 atom stereocenters.